The maximum atomic E-state index is 14.2. The third kappa shape index (κ3) is 5.27. The number of piperidine rings is 1. The zero-order valence-electron chi connectivity index (χ0n) is 21.4. The van der Waals surface area contributed by atoms with E-state index in [4.69, 9.17) is 4.98 Å². The van der Waals surface area contributed by atoms with Gasteiger partial charge in [0.1, 0.15) is 29.6 Å². The van der Waals surface area contributed by atoms with E-state index in [1.54, 1.807) is 0 Å². The molecule has 1 aliphatic carbocycles. The van der Waals surface area contributed by atoms with Crippen LogP contribution in [-0.2, 0) is 17.8 Å². The summed E-state index contributed by atoms with van der Waals surface area (Å²) in [5.41, 5.74) is 1.59. The highest BCUT2D eigenvalue weighted by atomic mass is 19.3. The molecule has 1 fully saturated rings. The Labute approximate surface area is 214 Å². The number of carbonyl (C=O) groups excluding carboxylic acids is 1. The SMILES string of the molecule is CN(C)CCn1cc(C2=CC(C(C)(F)F)=C(F)CC2)nc1C1CCN(c2ncnc3c2CC(=O)N3)CC1. The highest BCUT2D eigenvalue weighted by molar-refractivity contribution is 5.99. The van der Waals surface area contributed by atoms with E-state index in [-0.39, 0.29) is 24.7 Å². The monoisotopic (exact) mass is 515 g/mol. The lowest BCUT2D eigenvalue weighted by atomic mass is 9.93. The molecule has 1 amide bonds. The first-order valence-electron chi connectivity index (χ1n) is 12.7. The van der Waals surface area contributed by atoms with Crippen LogP contribution in [0.5, 0.6) is 0 Å². The number of likely N-dealkylation sites (N-methyl/N-ethyl adjacent to an activating group) is 1. The molecule has 0 aromatic carbocycles. The Hall–Kier alpha value is -3.21. The Bertz CT molecular complexity index is 1250. The molecule has 2 aliphatic heterocycles. The molecule has 0 saturated carbocycles. The van der Waals surface area contributed by atoms with E-state index in [1.807, 2.05) is 20.3 Å². The van der Waals surface area contributed by atoms with Crippen LogP contribution in [0.25, 0.3) is 5.57 Å². The summed E-state index contributed by atoms with van der Waals surface area (Å²) in [6.07, 6.45) is 6.97. The minimum absolute atomic E-state index is 0.0382. The van der Waals surface area contributed by atoms with Gasteiger partial charge in [0.2, 0.25) is 5.91 Å². The van der Waals surface area contributed by atoms with E-state index in [0.717, 1.165) is 63.2 Å². The Balaban J connectivity index is 1.38. The number of carbonyl (C=O) groups is 1. The van der Waals surface area contributed by atoms with E-state index >= 15 is 0 Å². The molecule has 5 rings (SSSR count). The summed E-state index contributed by atoms with van der Waals surface area (Å²) in [4.78, 5) is 29.7. The van der Waals surface area contributed by atoms with Crippen LogP contribution in [0.3, 0.4) is 0 Å². The normalized spacial score (nSPS) is 18.9. The Morgan fingerprint density at radius 2 is 1.95 bits per heavy atom. The van der Waals surface area contributed by atoms with Gasteiger partial charge in [-0.05, 0) is 45.0 Å². The molecule has 8 nitrogen and oxygen atoms in total. The summed E-state index contributed by atoms with van der Waals surface area (Å²) in [6.45, 7) is 3.76. The Kier molecular flexibility index (Phi) is 6.82. The predicted molar refractivity (Wildman–Crippen MR) is 135 cm³/mol. The van der Waals surface area contributed by atoms with Gasteiger partial charge in [0.05, 0.1) is 17.7 Å². The topological polar surface area (TPSA) is 79.2 Å². The smallest absolute Gasteiger partial charge is 0.273 e. The van der Waals surface area contributed by atoms with Crippen molar-refractivity contribution in [1.29, 1.82) is 0 Å². The number of anilines is 2. The van der Waals surface area contributed by atoms with Crippen LogP contribution in [0.15, 0.2) is 30.0 Å². The summed E-state index contributed by atoms with van der Waals surface area (Å²) in [6, 6.07) is 0. The molecular weight excluding hydrogens is 483 g/mol. The van der Waals surface area contributed by atoms with Crippen LogP contribution in [0, 0.1) is 0 Å². The van der Waals surface area contributed by atoms with Crippen molar-refractivity contribution in [1.82, 2.24) is 24.4 Å². The van der Waals surface area contributed by atoms with Gasteiger partial charge in [0, 0.05) is 57.2 Å². The maximum absolute atomic E-state index is 14.2. The number of nitrogens with zero attached hydrogens (tertiary/aromatic N) is 6. The second kappa shape index (κ2) is 9.92. The maximum Gasteiger partial charge on any atom is 0.273 e. The number of alkyl halides is 2. The molecule has 4 heterocycles. The highest BCUT2D eigenvalue weighted by Crippen LogP contribution is 2.39. The first kappa shape index (κ1) is 25.4. The summed E-state index contributed by atoms with van der Waals surface area (Å²) in [5.74, 6) is -1.55. The second-order valence-corrected chi connectivity index (χ2v) is 10.4. The zero-order valence-corrected chi connectivity index (χ0v) is 21.4. The minimum Gasteiger partial charge on any atom is -0.356 e. The first-order valence-corrected chi connectivity index (χ1v) is 12.7. The lowest BCUT2D eigenvalue weighted by Crippen LogP contribution is -2.35. The number of allylic oxidation sites excluding steroid dienone is 4. The second-order valence-electron chi connectivity index (χ2n) is 10.4. The van der Waals surface area contributed by atoms with Gasteiger partial charge in [0.25, 0.3) is 5.92 Å². The molecule has 2 aromatic rings. The van der Waals surface area contributed by atoms with Crippen molar-refractivity contribution >= 4 is 23.1 Å². The molecule has 1 N–H and O–H groups in total. The van der Waals surface area contributed by atoms with Crippen LogP contribution < -0.4 is 10.2 Å². The number of aromatic nitrogens is 4. The van der Waals surface area contributed by atoms with Gasteiger partial charge in [-0.15, -0.1) is 0 Å². The van der Waals surface area contributed by atoms with Crippen LogP contribution >= 0.6 is 0 Å². The largest absolute Gasteiger partial charge is 0.356 e. The summed E-state index contributed by atoms with van der Waals surface area (Å²) >= 11 is 0. The molecule has 0 unspecified atom stereocenters. The molecule has 198 valence electrons. The van der Waals surface area contributed by atoms with Gasteiger partial charge in [0.15, 0.2) is 0 Å². The summed E-state index contributed by atoms with van der Waals surface area (Å²) < 4.78 is 44.3. The number of amides is 1. The number of hydrogen-bond donors (Lipinski definition) is 1. The minimum atomic E-state index is -3.24. The number of hydrogen-bond acceptors (Lipinski definition) is 6. The average Bonchev–Trinajstić information content (AvgIpc) is 3.45. The van der Waals surface area contributed by atoms with Crippen LogP contribution in [0.1, 0.15) is 55.6 Å². The van der Waals surface area contributed by atoms with E-state index in [2.05, 4.69) is 29.7 Å². The van der Waals surface area contributed by atoms with Crippen molar-refractivity contribution in [2.24, 2.45) is 0 Å². The van der Waals surface area contributed by atoms with E-state index in [0.29, 0.717) is 23.5 Å². The fourth-order valence-electron chi connectivity index (χ4n) is 5.30. The molecule has 11 heteroatoms. The number of imidazole rings is 1. The van der Waals surface area contributed by atoms with Crippen molar-refractivity contribution in [3.05, 3.63) is 47.1 Å². The lowest BCUT2D eigenvalue weighted by molar-refractivity contribution is -0.115. The van der Waals surface area contributed by atoms with E-state index in [9.17, 15) is 18.0 Å². The van der Waals surface area contributed by atoms with Gasteiger partial charge in [-0.2, -0.15) is 0 Å². The first-order chi connectivity index (χ1) is 17.6. The molecular formula is C26H32F3N7O. The fourth-order valence-corrected chi connectivity index (χ4v) is 5.30. The van der Waals surface area contributed by atoms with Crippen molar-refractivity contribution < 1.29 is 18.0 Å². The van der Waals surface area contributed by atoms with Crippen molar-refractivity contribution in [2.45, 2.75) is 57.4 Å². The molecule has 3 aliphatic rings. The number of nitrogens with one attached hydrogen (secondary N) is 1. The lowest BCUT2D eigenvalue weighted by Gasteiger charge is -2.33. The number of fused-ring (bicyclic) bond motifs is 1. The highest BCUT2D eigenvalue weighted by Gasteiger charge is 2.34. The van der Waals surface area contributed by atoms with Crippen molar-refractivity contribution in [3.8, 4) is 0 Å². The van der Waals surface area contributed by atoms with Gasteiger partial charge in [-0.1, -0.05) is 0 Å². The van der Waals surface area contributed by atoms with Crippen LogP contribution in [0.2, 0.25) is 0 Å². The molecule has 0 bridgehead atoms. The average molecular weight is 516 g/mol. The van der Waals surface area contributed by atoms with Crippen molar-refractivity contribution in [3.63, 3.8) is 0 Å². The van der Waals surface area contributed by atoms with Crippen LogP contribution in [0.4, 0.5) is 24.8 Å². The predicted octanol–water partition coefficient (Wildman–Crippen LogP) is 4.17. The van der Waals surface area contributed by atoms with Gasteiger partial charge >= 0.3 is 0 Å². The van der Waals surface area contributed by atoms with Crippen molar-refractivity contribution in [2.75, 3.05) is 43.9 Å². The Morgan fingerprint density at radius 1 is 1.19 bits per heavy atom. The zero-order chi connectivity index (χ0) is 26.3. The Morgan fingerprint density at radius 3 is 2.65 bits per heavy atom. The van der Waals surface area contributed by atoms with Gasteiger partial charge in [-0.3, -0.25) is 4.79 Å². The van der Waals surface area contributed by atoms with Gasteiger partial charge in [-0.25, -0.2) is 28.1 Å². The molecule has 37 heavy (non-hydrogen) atoms. The third-order valence-corrected chi connectivity index (χ3v) is 7.30. The summed E-state index contributed by atoms with van der Waals surface area (Å²) in [5, 5.41) is 2.78. The molecule has 1 saturated heterocycles. The fraction of sp³-hybridized carbons (Fsp3) is 0.538. The number of rotatable bonds is 7. The molecule has 0 atom stereocenters. The molecule has 0 radical (unpaired) electrons. The van der Waals surface area contributed by atoms with Gasteiger partial charge < -0.3 is 19.7 Å². The molecule has 0 spiro atoms. The quantitative estimate of drug-likeness (QED) is 0.597. The molecule has 2 aromatic heterocycles. The van der Waals surface area contributed by atoms with E-state index < -0.39 is 17.3 Å². The summed E-state index contributed by atoms with van der Waals surface area (Å²) in [7, 11) is 4.01. The van der Waals surface area contributed by atoms with Crippen LogP contribution in [-0.4, -0.2) is 70.0 Å². The third-order valence-electron chi connectivity index (χ3n) is 7.30. The van der Waals surface area contributed by atoms with E-state index in [1.165, 1.54) is 12.4 Å². The number of halogens is 3. The standard InChI is InChI=1S/C26H32F3N7O/c1-26(28,29)19-12-17(4-5-20(19)27)21-14-36(11-10-34(2)3)24(32-21)16-6-8-35(9-7-16)25-18-13-22(37)33-23(18)30-15-31-25/h12,14-16H,4-11,13H2,1-3H3,(H,30,31,33,37).